The van der Waals surface area contributed by atoms with Gasteiger partial charge in [0.2, 0.25) is 0 Å². The van der Waals surface area contributed by atoms with Crippen molar-refractivity contribution in [2.24, 2.45) is 0 Å². The van der Waals surface area contributed by atoms with Gasteiger partial charge >= 0.3 is 0 Å². The van der Waals surface area contributed by atoms with E-state index >= 15 is 0 Å². The summed E-state index contributed by atoms with van der Waals surface area (Å²) in [4.78, 5) is 3.69. The Morgan fingerprint density at radius 2 is 2.23 bits per heavy atom. The Morgan fingerprint density at radius 1 is 1.54 bits per heavy atom. The van der Waals surface area contributed by atoms with Crippen LogP contribution in [0.2, 0.25) is 0 Å². The van der Waals surface area contributed by atoms with E-state index in [1.807, 2.05) is 0 Å². The molecule has 0 radical (unpaired) electrons. The van der Waals surface area contributed by atoms with Gasteiger partial charge in [0.05, 0.1) is 11.9 Å². The van der Waals surface area contributed by atoms with Crippen LogP contribution in [0.3, 0.4) is 0 Å². The van der Waals surface area contributed by atoms with E-state index in [0.717, 1.165) is 0 Å². The molecule has 5 nitrogen and oxygen atoms in total. The molecule has 0 atom stereocenters. The van der Waals surface area contributed by atoms with Crippen molar-refractivity contribution in [2.75, 3.05) is 12.3 Å². The van der Waals surface area contributed by atoms with Crippen LogP contribution in [0, 0.1) is 0 Å². The van der Waals surface area contributed by atoms with Crippen LogP contribution in [0.5, 0.6) is 0 Å². The predicted molar refractivity (Wildman–Crippen MR) is 49.5 cm³/mol. The van der Waals surface area contributed by atoms with Gasteiger partial charge in [0.25, 0.3) is 10.0 Å². The Hall–Kier alpha value is -1.14. The van der Waals surface area contributed by atoms with Crippen molar-refractivity contribution < 1.29 is 8.42 Å². The minimum atomic E-state index is -3.44. The van der Waals surface area contributed by atoms with Crippen LogP contribution in [-0.4, -0.2) is 19.9 Å². The van der Waals surface area contributed by atoms with Gasteiger partial charge in [-0.3, -0.25) is 0 Å². The Labute approximate surface area is 77.0 Å². The Balaban J connectivity index is 3.02. The van der Waals surface area contributed by atoms with Gasteiger partial charge in [0.1, 0.15) is 0 Å². The van der Waals surface area contributed by atoms with Crippen molar-refractivity contribution in [3.05, 3.63) is 18.3 Å². The van der Waals surface area contributed by atoms with Gasteiger partial charge in [0.15, 0.2) is 5.03 Å². The lowest BCUT2D eigenvalue weighted by atomic mass is 10.4. The highest BCUT2D eigenvalue weighted by Crippen LogP contribution is 2.06. The van der Waals surface area contributed by atoms with Crippen LogP contribution in [-0.2, 0) is 10.0 Å². The second kappa shape index (κ2) is 3.71. The van der Waals surface area contributed by atoms with Crippen LogP contribution in [0.15, 0.2) is 23.4 Å². The van der Waals surface area contributed by atoms with E-state index < -0.39 is 10.0 Å². The zero-order chi connectivity index (χ0) is 9.90. The third-order valence-corrected chi connectivity index (χ3v) is 2.83. The topological polar surface area (TPSA) is 85.1 Å². The van der Waals surface area contributed by atoms with Gasteiger partial charge < -0.3 is 5.73 Å². The van der Waals surface area contributed by atoms with Crippen LogP contribution in [0.4, 0.5) is 5.69 Å². The maximum Gasteiger partial charge on any atom is 0.258 e. The molecule has 72 valence electrons. The lowest BCUT2D eigenvalue weighted by Crippen LogP contribution is -2.23. The van der Waals surface area contributed by atoms with Crippen molar-refractivity contribution in [1.82, 2.24) is 9.71 Å². The van der Waals surface area contributed by atoms with Crippen molar-refractivity contribution in [2.45, 2.75) is 11.9 Å². The zero-order valence-electron chi connectivity index (χ0n) is 7.19. The summed E-state index contributed by atoms with van der Waals surface area (Å²) in [5.74, 6) is 0. The van der Waals surface area contributed by atoms with E-state index in [4.69, 9.17) is 5.73 Å². The lowest BCUT2D eigenvalue weighted by Gasteiger charge is -2.02. The van der Waals surface area contributed by atoms with E-state index in [9.17, 15) is 8.42 Å². The first-order valence-corrected chi connectivity index (χ1v) is 5.26. The summed E-state index contributed by atoms with van der Waals surface area (Å²) in [6.07, 6.45) is 1.31. The number of nitrogens with zero attached hydrogens (tertiary/aromatic N) is 1. The minimum absolute atomic E-state index is 0.0106. The van der Waals surface area contributed by atoms with E-state index in [1.54, 1.807) is 6.92 Å². The van der Waals surface area contributed by atoms with E-state index in [2.05, 4.69) is 9.71 Å². The summed E-state index contributed by atoms with van der Waals surface area (Å²) in [5.41, 5.74) is 5.81. The van der Waals surface area contributed by atoms with Crippen molar-refractivity contribution in [3.8, 4) is 0 Å². The Bertz CT molecular complexity index is 371. The first-order valence-electron chi connectivity index (χ1n) is 3.77. The van der Waals surface area contributed by atoms with Gasteiger partial charge in [-0.2, -0.15) is 0 Å². The summed E-state index contributed by atoms with van der Waals surface area (Å²) in [6.45, 7) is 2.04. The summed E-state index contributed by atoms with van der Waals surface area (Å²) >= 11 is 0. The van der Waals surface area contributed by atoms with Gasteiger partial charge in [-0.25, -0.2) is 18.1 Å². The minimum Gasteiger partial charge on any atom is -0.397 e. The highest BCUT2D eigenvalue weighted by atomic mass is 32.2. The molecular weight excluding hydrogens is 190 g/mol. The van der Waals surface area contributed by atoms with Crippen molar-refractivity contribution in [1.29, 1.82) is 0 Å². The van der Waals surface area contributed by atoms with E-state index in [-0.39, 0.29) is 5.03 Å². The summed E-state index contributed by atoms with van der Waals surface area (Å²) in [7, 11) is -3.44. The van der Waals surface area contributed by atoms with Crippen molar-refractivity contribution in [3.63, 3.8) is 0 Å². The molecule has 6 heteroatoms. The molecule has 0 aliphatic carbocycles. The zero-order valence-corrected chi connectivity index (χ0v) is 8.00. The second-order valence-corrected chi connectivity index (χ2v) is 4.14. The number of aromatic nitrogens is 1. The molecule has 0 fully saturated rings. The van der Waals surface area contributed by atoms with Crippen LogP contribution < -0.4 is 10.5 Å². The van der Waals surface area contributed by atoms with E-state index in [0.29, 0.717) is 12.2 Å². The number of nitrogens with two attached hydrogens (primary N) is 1. The fourth-order valence-corrected chi connectivity index (χ4v) is 1.78. The molecule has 0 amide bonds. The monoisotopic (exact) mass is 201 g/mol. The summed E-state index contributed by atoms with van der Waals surface area (Å²) in [5, 5.41) is -0.0106. The molecule has 1 aromatic heterocycles. The van der Waals surface area contributed by atoms with Crippen LogP contribution >= 0.6 is 0 Å². The highest BCUT2D eigenvalue weighted by Gasteiger charge is 2.12. The summed E-state index contributed by atoms with van der Waals surface area (Å²) in [6, 6.07) is 2.87. The molecule has 0 bridgehead atoms. The van der Waals surface area contributed by atoms with Gasteiger partial charge in [-0.05, 0) is 12.1 Å². The average molecular weight is 201 g/mol. The SMILES string of the molecule is CCNS(=O)(=O)c1ccc(N)cn1. The fraction of sp³-hybridized carbons (Fsp3) is 0.286. The maximum absolute atomic E-state index is 11.3. The van der Waals surface area contributed by atoms with Gasteiger partial charge in [0, 0.05) is 6.54 Å². The molecule has 0 aromatic carbocycles. The third kappa shape index (κ3) is 2.40. The molecule has 0 saturated carbocycles. The smallest absolute Gasteiger partial charge is 0.258 e. The van der Waals surface area contributed by atoms with Gasteiger partial charge in [-0.15, -0.1) is 0 Å². The average Bonchev–Trinajstić information content (AvgIpc) is 2.05. The third-order valence-electron chi connectivity index (χ3n) is 1.37. The molecule has 0 aliphatic rings. The number of pyridine rings is 1. The number of nitrogens with one attached hydrogen (secondary N) is 1. The summed E-state index contributed by atoms with van der Waals surface area (Å²) < 4.78 is 25.0. The standard InChI is InChI=1S/C7H11N3O2S/c1-2-10-13(11,12)7-4-3-6(8)5-9-7/h3-5,10H,2,8H2,1H3. The molecule has 1 aromatic rings. The molecule has 0 spiro atoms. The number of rotatable bonds is 3. The molecule has 0 saturated heterocycles. The molecular formula is C7H11N3O2S. The van der Waals surface area contributed by atoms with Crippen molar-refractivity contribution >= 4 is 15.7 Å². The molecule has 3 N–H and O–H groups in total. The molecule has 0 unspecified atom stereocenters. The number of anilines is 1. The predicted octanol–water partition coefficient (Wildman–Crippen LogP) is -0.0380. The second-order valence-electron chi connectivity index (χ2n) is 2.43. The normalized spacial score (nSPS) is 11.5. The first-order chi connectivity index (χ1) is 6.06. The molecule has 0 aliphatic heterocycles. The number of sulfonamides is 1. The van der Waals surface area contributed by atoms with Gasteiger partial charge in [-0.1, -0.05) is 6.92 Å². The molecule has 1 heterocycles. The first kappa shape index (κ1) is 9.94. The number of nitrogen functional groups attached to an aromatic ring is 1. The Morgan fingerprint density at radius 3 is 2.69 bits per heavy atom. The van der Waals surface area contributed by atoms with Crippen LogP contribution in [0.25, 0.3) is 0 Å². The lowest BCUT2D eigenvalue weighted by molar-refractivity contribution is 0.580. The fourth-order valence-electron chi connectivity index (χ4n) is 0.815. The largest absolute Gasteiger partial charge is 0.397 e. The number of hydrogen-bond acceptors (Lipinski definition) is 4. The highest BCUT2D eigenvalue weighted by molar-refractivity contribution is 7.89. The van der Waals surface area contributed by atoms with Crippen LogP contribution in [0.1, 0.15) is 6.92 Å². The van der Waals surface area contributed by atoms with E-state index in [1.165, 1.54) is 18.3 Å². The molecule has 13 heavy (non-hydrogen) atoms. The molecule has 1 rings (SSSR count). The quantitative estimate of drug-likeness (QED) is 0.718. The maximum atomic E-state index is 11.3. The Kier molecular flexibility index (Phi) is 2.84. The number of hydrogen-bond donors (Lipinski definition) is 2.